The van der Waals surface area contributed by atoms with Crippen molar-refractivity contribution in [1.29, 1.82) is 0 Å². The zero-order valence-electron chi connectivity index (χ0n) is 21.4. The van der Waals surface area contributed by atoms with Crippen molar-refractivity contribution in [2.45, 2.75) is 12.5 Å². The minimum Gasteiger partial charge on any atom is -0.390 e. The molecule has 0 aliphatic heterocycles. The number of pyridine rings is 2. The third-order valence-corrected chi connectivity index (χ3v) is 6.98. The maximum atomic E-state index is 6.51. The summed E-state index contributed by atoms with van der Waals surface area (Å²) >= 11 is 0. The number of nitrogens with two attached hydrogens (primary N) is 3. The first-order valence-corrected chi connectivity index (χ1v) is 12.6. The summed E-state index contributed by atoms with van der Waals surface area (Å²) in [4.78, 5) is 17.7. The monoisotopic (exact) mass is 516 g/mol. The quantitative estimate of drug-likeness (QED) is 0.188. The Hall–Kier alpha value is -5.38. The van der Waals surface area contributed by atoms with E-state index in [1.165, 1.54) is 12.7 Å². The number of nitrogens with zero attached hydrogens (tertiary/aromatic N) is 6. The van der Waals surface area contributed by atoms with Gasteiger partial charge in [0.2, 0.25) is 0 Å². The van der Waals surface area contributed by atoms with E-state index in [0.29, 0.717) is 17.2 Å². The molecule has 0 amide bonds. The first kappa shape index (κ1) is 24.0. The number of hydrogen-bond donors (Lipinski definition) is 4. The first-order chi connectivity index (χ1) is 19.2. The van der Waals surface area contributed by atoms with Crippen molar-refractivity contribution in [3.63, 3.8) is 0 Å². The number of fused-ring (bicyclic) bond motifs is 2. The van der Waals surface area contributed by atoms with E-state index in [4.69, 9.17) is 17.2 Å². The summed E-state index contributed by atoms with van der Waals surface area (Å²) in [6.07, 6.45) is 13.4. The fraction of sp³-hybridized carbons (Fsp3) is 0.103. The standard InChI is InChI=1S/C29H28N10/c1-33-29-27(37-17-31)25-23(5-3-15-35-25)39(29)21-12-8-19(9-13-21)18-6-10-20(11-7-18)38-22-4-2-14-34-24(22)26(28(38)32)36-16-30/h2-10,12-17,20,33H,11,32H2,1H3,(H2,30,36)(H2,31,37). The Balaban J connectivity index is 1.32. The molecule has 0 saturated carbocycles. The van der Waals surface area contributed by atoms with Crippen LogP contribution in [-0.2, 0) is 0 Å². The number of allylic oxidation sites excluding steroid dienone is 4. The number of nitrogen functional groups attached to an aromatic ring is 1. The molecule has 5 aromatic rings. The van der Waals surface area contributed by atoms with Crippen LogP contribution in [0, 0.1) is 0 Å². The van der Waals surface area contributed by atoms with E-state index in [1.54, 1.807) is 12.4 Å². The predicted octanol–water partition coefficient (Wildman–Crippen LogP) is 4.82. The molecule has 4 aromatic heterocycles. The molecular formula is C29H28N10. The smallest absolute Gasteiger partial charge is 0.139 e. The molecule has 0 saturated heterocycles. The van der Waals surface area contributed by atoms with Crippen LogP contribution in [0.4, 0.5) is 23.0 Å². The molecule has 6 rings (SSSR count). The highest BCUT2D eigenvalue weighted by Crippen LogP contribution is 2.40. The number of hydrogen-bond acceptors (Lipinski definition) is 6. The molecule has 1 aliphatic rings. The average Bonchev–Trinajstić information content (AvgIpc) is 3.45. The van der Waals surface area contributed by atoms with Gasteiger partial charge in [-0.1, -0.05) is 30.4 Å². The highest BCUT2D eigenvalue weighted by Gasteiger charge is 2.22. The number of rotatable bonds is 6. The third kappa shape index (κ3) is 3.89. The van der Waals surface area contributed by atoms with Crippen LogP contribution in [0.3, 0.4) is 0 Å². The summed E-state index contributed by atoms with van der Waals surface area (Å²) in [6.45, 7) is 0. The van der Waals surface area contributed by atoms with Gasteiger partial charge >= 0.3 is 0 Å². The minimum atomic E-state index is 0.0416. The van der Waals surface area contributed by atoms with Crippen LogP contribution in [-0.4, -0.2) is 38.8 Å². The average molecular weight is 517 g/mol. The molecule has 0 radical (unpaired) electrons. The van der Waals surface area contributed by atoms with Gasteiger partial charge in [0.25, 0.3) is 0 Å². The van der Waals surface area contributed by atoms with Crippen LogP contribution in [0.2, 0.25) is 0 Å². The number of nitrogens with one attached hydrogen (secondary N) is 1. The predicted molar refractivity (Wildman–Crippen MR) is 160 cm³/mol. The number of benzene rings is 1. The third-order valence-electron chi connectivity index (χ3n) is 6.98. The maximum absolute atomic E-state index is 6.51. The van der Waals surface area contributed by atoms with Crippen LogP contribution in [0.1, 0.15) is 18.0 Å². The summed E-state index contributed by atoms with van der Waals surface area (Å²) in [5.74, 6) is 1.37. The topological polar surface area (TPSA) is 150 Å². The lowest BCUT2D eigenvalue weighted by Crippen LogP contribution is -2.11. The van der Waals surface area contributed by atoms with E-state index in [9.17, 15) is 0 Å². The van der Waals surface area contributed by atoms with Gasteiger partial charge in [0, 0.05) is 25.1 Å². The van der Waals surface area contributed by atoms with E-state index in [1.807, 2.05) is 31.3 Å². The summed E-state index contributed by atoms with van der Waals surface area (Å²) in [5, 5.41) is 3.26. The number of aromatic nitrogens is 4. The summed E-state index contributed by atoms with van der Waals surface area (Å²) < 4.78 is 4.17. The molecule has 0 bridgehead atoms. The molecule has 1 aromatic carbocycles. The molecule has 0 spiro atoms. The van der Waals surface area contributed by atoms with E-state index in [2.05, 4.69) is 76.9 Å². The fourth-order valence-electron chi connectivity index (χ4n) is 5.31. The van der Waals surface area contributed by atoms with E-state index in [-0.39, 0.29) is 6.04 Å². The van der Waals surface area contributed by atoms with Gasteiger partial charge in [0.15, 0.2) is 0 Å². The number of anilines is 2. The van der Waals surface area contributed by atoms with Crippen LogP contribution in [0.5, 0.6) is 0 Å². The summed E-state index contributed by atoms with van der Waals surface area (Å²) in [5.41, 5.74) is 25.7. The first-order valence-electron chi connectivity index (χ1n) is 12.6. The van der Waals surface area contributed by atoms with E-state index < -0.39 is 0 Å². The molecule has 10 nitrogen and oxygen atoms in total. The van der Waals surface area contributed by atoms with Crippen LogP contribution >= 0.6 is 0 Å². The van der Waals surface area contributed by atoms with Crippen molar-refractivity contribution in [2.24, 2.45) is 21.5 Å². The minimum absolute atomic E-state index is 0.0416. The van der Waals surface area contributed by atoms with E-state index >= 15 is 0 Å². The maximum Gasteiger partial charge on any atom is 0.139 e. The Morgan fingerprint density at radius 3 is 2.23 bits per heavy atom. The molecule has 0 fully saturated rings. The Morgan fingerprint density at radius 1 is 0.923 bits per heavy atom. The van der Waals surface area contributed by atoms with Crippen LogP contribution < -0.4 is 22.5 Å². The molecule has 194 valence electrons. The SMILES string of the molecule is CNc1c(N=CN)c2ncccc2n1-c1ccc(C2=CCC(n3c(N)c(N=CN)c4ncccc43)C=C2)cc1. The normalized spacial score (nSPS) is 15.6. The van der Waals surface area contributed by atoms with Gasteiger partial charge in [-0.3, -0.25) is 14.5 Å². The molecule has 1 atom stereocenters. The molecule has 1 unspecified atom stereocenters. The van der Waals surface area contributed by atoms with Crippen molar-refractivity contribution < 1.29 is 0 Å². The van der Waals surface area contributed by atoms with Crippen molar-refractivity contribution in [1.82, 2.24) is 19.1 Å². The van der Waals surface area contributed by atoms with E-state index in [0.717, 1.165) is 51.1 Å². The van der Waals surface area contributed by atoms with Gasteiger partial charge in [0.05, 0.1) is 29.8 Å². The molecule has 1 aliphatic carbocycles. The van der Waals surface area contributed by atoms with Gasteiger partial charge in [-0.2, -0.15) is 0 Å². The second-order valence-corrected chi connectivity index (χ2v) is 9.05. The summed E-state index contributed by atoms with van der Waals surface area (Å²) in [7, 11) is 1.87. The van der Waals surface area contributed by atoms with Gasteiger partial charge < -0.3 is 27.1 Å². The lowest BCUT2D eigenvalue weighted by Gasteiger charge is -2.21. The van der Waals surface area contributed by atoms with Crippen LogP contribution in [0.15, 0.2) is 89.1 Å². The zero-order chi connectivity index (χ0) is 26.9. The highest BCUT2D eigenvalue weighted by molar-refractivity contribution is 5.99. The lowest BCUT2D eigenvalue weighted by molar-refractivity contribution is 0.638. The van der Waals surface area contributed by atoms with Gasteiger partial charge in [-0.15, -0.1) is 0 Å². The summed E-state index contributed by atoms with van der Waals surface area (Å²) in [6, 6.07) is 16.3. The Kier molecular flexibility index (Phi) is 6.04. The van der Waals surface area contributed by atoms with Crippen LogP contribution in [0.25, 0.3) is 33.3 Å². The zero-order valence-corrected chi connectivity index (χ0v) is 21.4. The van der Waals surface area contributed by atoms with Crippen molar-refractivity contribution in [3.05, 3.63) is 84.7 Å². The largest absolute Gasteiger partial charge is 0.390 e. The highest BCUT2D eigenvalue weighted by atomic mass is 15.1. The van der Waals surface area contributed by atoms with Crippen molar-refractivity contribution in [3.8, 4) is 5.69 Å². The Bertz CT molecular complexity index is 1800. The van der Waals surface area contributed by atoms with Crippen molar-refractivity contribution >= 4 is 63.3 Å². The Morgan fingerprint density at radius 2 is 1.59 bits per heavy atom. The van der Waals surface area contributed by atoms with Gasteiger partial charge in [0.1, 0.15) is 34.0 Å². The molecule has 10 heteroatoms. The van der Waals surface area contributed by atoms with Crippen molar-refractivity contribution in [2.75, 3.05) is 18.1 Å². The lowest BCUT2D eigenvalue weighted by atomic mass is 9.96. The molecule has 7 N–H and O–H groups in total. The second kappa shape index (κ2) is 9.82. The molecule has 4 heterocycles. The molecular weight excluding hydrogens is 488 g/mol. The second-order valence-electron chi connectivity index (χ2n) is 9.05. The molecule has 39 heavy (non-hydrogen) atoms. The fourth-order valence-corrected chi connectivity index (χ4v) is 5.31. The Labute approximate surface area is 224 Å². The van der Waals surface area contributed by atoms with Gasteiger partial charge in [-0.05, 0) is 54.0 Å². The van der Waals surface area contributed by atoms with Gasteiger partial charge in [-0.25, -0.2) is 9.98 Å². The number of aliphatic imine (C=N–C) groups is 2.